The molecule has 5 saturated heterocycles. The van der Waals surface area contributed by atoms with Crippen LogP contribution >= 0.6 is 0 Å². The van der Waals surface area contributed by atoms with Crippen LogP contribution < -0.4 is 21.0 Å². The molecule has 71 heavy (non-hydrogen) atoms. The first-order chi connectivity index (χ1) is 34.3. The summed E-state index contributed by atoms with van der Waals surface area (Å²) >= 11 is 0. The summed E-state index contributed by atoms with van der Waals surface area (Å²) in [7, 11) is 1.71. The predicted octanol–water partition coefficient (Wildman–Crippen LogP) is 5.37. The van der Waals surface area contributed by atoms with E-state index in [1.54, 1.807) is 12.1 Å². The lowest BCUT2D eigenvalue weighted by molar-refractivity contribution is -0.156. The average Bonchev–Trinajstić information content (AvgIpc) is 4.19. The van der Waals surface area contributed by atoms with E-state index in [2.05, 4.69) is 80.4 Å². The van der Waals surface area contributed by atoms with Gasteiger partial charge in [0.05, 0.1) is 42.9 Å². The molecular weight excluding hydrogens is 899 g/mol. The summed E-state index contributed by atoms with van der Waals surface area (Å²) in [6.07, 6.45) is 11.8. The number of carbonyl (C=O) groups excluding carboxylic acids is 4. The average molecular weight is 976 g/mol. The Morgan fingerprint density at radius 3 is 2.61 bits per heavy atom. The number of morpholine rings is 1. The summed E-state index contributed by atoms with van der Waals surface area (Å²) in [5.74, 6) is 0.340. The number of nitrogens with zero attached hydrogens (tertiary/aromatic N) is 6. The molecule has 11 rings (SSSR count). The van der Waals surface area contributed by atoms with E-state index < -0.39 is 23.5 Å². The molecule has 0 radical (unpaired) electrons. The summed E-state index contributed by atoms with van der Waals surface area (Å²) < 4.78 is 21.0. The maximum Gasteiger partial charge on any atom is 0.324 e. The highest BCUT2D eigenvalue weighted by Crippen LogP contribution is 2.46. The van der Waals surface area contributed by atoms with Gasteiger partial charge in [-0.2, -0.15) is 0 Å². The van der Waals surface area contributed by atoms with Gasteiger partial charge in [-0.3, -0.25) is 39.4 Å². The molecule has 7 fully saturated rings. The zero-order valence-corrected chi connectivity index (χ0v) is 42.8. The summed E-state index contributed by atoms with van der Waals surface area (Å²) in [6.45, 7) is 14.6. The number of nitrogens with one attached hydrogen (secondary N) is 3. The van der Waals surface area contributed by atoms with Crippen LogP contribution in [0.3, 0.4) is 0 Å². The van der Waals surface area contributed by atoms with Crippen LogP contribution in [0.25, 0.3) is 22.2 Å². The van der Waals surface area contributed by atoms with Gasteiger partial charge in [0.2, 0.25) is 11.8 Å². The number of likely N-dealkylation sites (tertiary alicyclic amines) is 2. The minimum absolute atomic E-state index is 0.0225. The second-order valence-corrected chi connectivity index (χ2v) is 23.3. The largest absolute Gasteiger partial charge is 0.464 e. The molecule has 1 aromatic carbocycles. The summed E-state index contributed by atoms with van der Waals surface area (Å²) in [6, 6.07) is 9.20. The quantitative estimate of drug-likeness (QED) is 0.176. The van der Waals surface area contributed by atoms with Gasteiger partial charge < -0.3 is 33.9 Å². The fourth-order valence-corrected chi connectivity index (χ4v) is 13.6. The van der Waals surface area contributed by atoms with Crippen LogP contribution in [0.5, 0.6) is 0 Å². The fourth-order valence-electron chi connectivity index (χ4n) is 13.6. The van der Waals surface area contributed by atoms with Crippen molar-refractivity contribution in [3.63, 3.8) is 0 Å². The molecule has 2 aliphatic carbocycles. The summed E-state index contributed by atoms with van der Waals surface area (Å²) in [5, 5.41) is 9.53. The van der Waals surface area contributed by atoms with Gasteiger partial charge in [0.1, 0.15) is 18.1 Å². The van der Waals surface area contributed by atoms with Crippen LogP contribution in [0.1, 0.15) is 116 Å². The number of hydrogen-bond donors (Lipinski definition) is 3. The van der Waals surface area contributed by atoms with Gasteiger partial charge in [0, 0.05) is 105 Å². The number of cyclic esters (lactones) is 1. The number of hydrazine groups is 1. The zero-order chi connectivity index (χ0) is 49.2. The highest BCUT2D eigenvalue weighted by Gasteiger charge is 2.55. The lowest BCUT2D eigenvalue weighted by Crippen LogP contribution is -2.62. The molecule has 384 valence electrons. The maximum atomic E-state index is 15.2. The van der Waals surface area contributed by atoms with Crippen molar-refractivity contribution in [3.05, 3.63) is 47.8 Å². The van der Waals surface area contributed by atoms with Crippen LogP contribution in [0.15, 0.2) is 36.5 Å². The molecule has 6 bridgehead atoms. The molecule has 2 saturated carbocycles. The number of benzene rings is 1. The minimum atomic E-state index is -0.892. The lowest BCUT2D eigenvalue weighted by Gasteiger charge is -2.39. The Kier molecular flexibility index (Phi) is 13.5. The van der Waals surface area contributed by atoms with Gasteiger partial charge in [0.25, 0.3) is 5.91 Å². The van der Waals surface area contributed by atoms with Crippen LogP contribution in [0.4, 0.5) is 5.69 Å². The van der Waals surface area contributed by atoms with Crippen molar-refractivity contribution in [3.8, 4) is 11.3 Å². The fraction of sp³-hybridized carbons (Fsp3) is 0.691. The van der Waals surface area contributed by atoms with Crippen LogP contribution in [0.2, 0.25) is 0 Å². The molecule has 6 aliphatic heterocycles. The number of anilines is 1. The van der Waals surface area contributed by atoms with Crippen molar-refractivity contribution >= 4 is 40.3 Å². The standard InChI is InChI=1S/C55H77N9O7/c1-6-63-44-18-17-37-27-40(44)41(49(63)39-13-9-21-56-45(39)34(2)69-5)29-54(3,4)33-71-53(68)42-14-10-22-64(59-42)51(66)43(28-38-30-60(37)25-26-70-38)57-50(65)48(36-11-7-8-12-36)61-23-19-55(31-61)20-24-62(32-55)52(67)47-46(58-47)35-15-16-35/h9,13,17-18,21,27,34-36,38,42-43,46-48,58-59H,6-8,10-12,14-16,19-20,22-26,28-33H2,1-5H3,(H,57,65)/t34-,38-,42-,43-,46+,47+,48-,55-/m0/s1. The SMILES string of the molecule is CCn1c(-c2cccnc2[C@H](C)OC)c2c3cc(ccc31)N1CCO[C@@H](C[C@H](NC(=O)[C@H](C3CCCC3)N3CC[C@]4(CCN(C(=O)[C@@H]5N[C@@H]5C5CC5)C4)C3)C(=O)N3CCC[C@H](N3)C(=O)OCC(C)(C)C2)C1. The Balaban J connectivity index is 0.891. The second kappa shape index (κ2) is 19.7. The molecule has 1 spiro atoms. The van der Waals surface area contributed by atoms with E-state index in [9.17, 15) is 9.59 Å². The molecule has 3 amide bonds. The highest BCUT2D eigenvalue weighted by molar-refractivity contribution is 5.95. The van der Waals surface area contributed by atoms with E-state index in [-0.39, 0.29) is 66.4 Å². The number of rotatable bonds is 10. The number of aryl methyl sites for hydroxylation is 1. The molecule has 8 aliphatic rings. The maximum absolute atomic E-state index is 15.2. The minimum Gasteiger partial charge on any atom is -0.464 e. The molecule has 3 N–H and O–H groups in total. The first kappa shape index (κ1) is 48.6. The monoisotopic (exact) mass is 976 g/mol. The molecular formula is C55H77N9O7. The van der Waals surface area contributed by atoms with Crippen molar-refractivity contribution in [1.82, 2.24) is 40.4 Å². The predicted molar refractivity (Wildman–Crippen MR) is 270 cm³/mol. The Labute approximate surface area is 419 Å². The van der Waals surface area contributed by atoms with Gasteiger partial charge in [-0.15, -0.1) is 0 Å². The number of hydrogen-bond acceptors (Lipinski definition) is 12. The molecule has 2 aromatic heterocycles. The Hall–Kier alpha value is -4.61. The van der Waals surface area contributed by atoms with Gasteiger partial charge in [-0.25, -0.2) is 5.43 Å². The smallest absolute Gasteiger partial charge is 0.324 e. The number of esters is 1. The third kappa shape index (κ3) is 9.72. The van der Waals surface area contributed by atoms with Gasteiger partial charge in [0.15, 0.2) is 0 Å². The first-order valence-corrected chi connectivity index (χ1v) is 27.2. The molecule has 3 aromatic rings. The van der Waals surface area contributed by atoms with Crippen molar-refractivity contribution in [2.24, 2.45) is 22.7 Å². The normalized spacial score (nSPS) is 30.4. The molecule has 8 heterocycles. The topological polar surface area (TPSA) is 173 Å². The van der Waals surface area contributed by atoms with E-state index in [1.165, 1.54) is 18.4 Å². The second-order valence-electron chi connectivity index (χ2n) is 23.3. The zero-order valence-electron chi connectivity index (χ0n) is 42.8. The van der Waals surface area contributed by atoms with Crippen molar-refractivity contribution < 1.29 is 33.4 Å². The third-order valence-electron chi connectivity index (χ3n) is 17.7. The third-order valence-corrected chi connectivity index (χ3v) is 17.7. The number of methoxy groups -OCH3 is 1. The van der Waals surface area contributed by atoms with E-state index in [4.69, 9.17) is 19.2 Å². The number of aromatic nitrogens is 2. The summed E-state index contributed by atoms with van der Waals surface area (Å²) in [4.78, 5) is 69.6. The van der Waals surface area contributed by atoms with E-state index >= 15 is 9.59 Å². The van der Waals surface area contributed by atoms with Gasteiger partial charge in [-0.1, -0.05) is 26.7 Å². The molecule has 8 atom stereocenters. The van der Waals surface area contributed by atoms with Crippen molar-refractivity contribution in [1.29, 1.82) is 0 Å². The molecule has 16 heteroatoms. The van der Waals surface area contributed by atoms with E-state index in [1.807, 2.05) is 19.2 Å². The Morgan fingerprint density at radius 1 is 1.00 bits per heavy atom. The van der Waals surface area contributed by atoms with Gasteiger partial charge >= 0.3 is 5.97 Å². The van der Waals surface area contributed by atoms with E-state index in [0.717, 1.165) is 105 Å². The number of carbonyl (C=O) groups is 4. The van der Waals surface area contributed by atoms with E-state index in [0.29, 0.717) is 57.5 Å². The van der Waals surface area contributed by atoms with Crippen LogP contribution in [-0.4, -0.2) is 151 Å². The number of ether oxygens (including phenoxy) is 3. The Bertz CT molecular complexity index is 2500. The summed E-state index contributed by atoms with van der Waals surface area (Å²) in [5.41, 5.74) is 9.11. The van der Waals surface area contributed by atoms with Crippen molar-refractivity contribution in [2.45, 2.75) is 154 Å². The number of pyridine rings is 1. The van der Waals surface area contributed by atoms with Gasteiger partial charge in [-0.05, 0) is 126 Å². The lowest BCUT2D eigenvalue weighted by atomic mass is 9.84. The number of amides is 3. The number of fused-ring (bicyclic) bond motifs is 6. The Morgan fingerprint density at radius 2 is 1.82 bits per heavy atom. The molecule has 0 unspecified atom stereocenters. The van der Waals surface area contributed by atoms with Crippen LogP contribution in [-0.2, 0) is 46.4 Å². The molecule has 16 nitrogen and oxygen atoms in total. The van der Waals surface area contributed by atoms with Crippen LogP contribution in [0, 0.1) is 22.7 Å². The first-order valence-electron chi connectivity index (χ1n) is 27.2. The van der Waals surface area contributed by atoms with Crippen molar-refractivity contribution in [2.75, 3.05) is 71.0 Å². The highest BCUT2D eigenvalue weighted by atomic mass is 16.5.